The highest BCUT2D eigenvalue weighted by Crippen LogP contribution is 2.49. The average molecular weight is 461 g/mol. The Morgan fingerprint density at radius 2 is 1.56 bits per heavy atom. The summed E-state index contributed by atoms with van der Waals surface area (Å²) in [5, 5.41) is 32.3. The number of ketones is 2. The maximum absolute atomic E-state index is 13.5. The van der Waals surface area contributed by atoms with Gasteiger partial charge in [0, 0.05) is 17.5 Å². The molecule has 1 aromatic carbocycles. The van der Waals surface area contributed by atoms with E-state index in [4.69, 9.17) is 11.6 Å². The molecule has 0 radical (unpaired) electrons. The number of allylic oxidation sites excluding steroid dienone is 5. The number of fused-ring (bicyclic) bond motifs is 1. The van der Waals surface area contributed by atoms with Gasteiger partial charge >= 0.3 is 0 Å². The van der Waals surface area contributed by atoms with Gasteiger partial charge in [-0.3, -0.25) is 9.59 Å². The summed E-state index contributed by atoms with van der Waals surface area (Å²) in [5.74, 6) is -2.34. The van der Waals surface area contributed by atoms with Crippen LogP contribution in [0.2, 0.25) is 0 Å². The number of Topliss-reactive ketones (excluding diaryl/α,β-unsaturated/α-hetero) is 2. The van der Waals surface area contributed by atoms with Gasteiger partial charge in [0.25, 0.3) is 0 Å². The van der Waals surface area contributed by atoms with E-state index < -0.39 is 27.8 Å². The Kier molecular flexibility index (Phi) is 7.79. The Bertz CT molecular complexity index is 1030. The first-order valence-corrected chi connectivity index (χ1v) is 11.1. The molecule has 32 heavy (non-hydrogen) atoms. The second-order valence-electron chi connectivity index (χ2n) is 9.17. The van der Waals surface area contributed by atoms with E-state index >= 15 is 0 Å². The van der Waals surface area contributed by atoms with Crippen molar-refractivity contribution in [1.82, 2.24) is 0 Å². The summed E-state index contributed by atoms with van der Waals surface area (Å²) >= 11 is 6.82. The molecule has 2 rings (SSSR count). The smallest absolute Gasteiger partial charge is 0.197 e. The molecule has 3 N–H and O–H groups in total. The Morgan fingerprint density at radius 3 is 2.12 bits per heavy atom. The van der Waals surface area contributed by atoms with Crippen molar-refractivity contribution in [2.24, 2.45) is 0 Å². The van der Waals surface area contributed by atoms with Crippen molar-refractivity contribution < 1.29 is 24.9 Å². The van der Waals surface area contributed by atoms with E-state index in [1.807, 2.05) is 34.6 Å². The van der Waals surface area contributed by atoms with Crippen molar-refractivity contribution in [2.45, 2.75) is 77.7 Å². The van der Waals surface area contributed by atoms with Crippen LogP contribution in [0.4, 0.5) is 0 Å². The Labute approximate surface area is 195 Å². The molecule has 0 amide bonds. The predicted octanol–water partition coefficient (Wildman–Crippen LogP) is 5.93. The van der Waals surface area contributed by atoms with Gasteiger partial charge < -0.3 is 15.3 Å². The molecule has 0 bridgehead atoms. The molecule has 5 nitrogen and oxygen atoms in total. The van der Waals surface area contributed by atoms with E-state index in [1.54, 1.807) is 12.2 Å². The number of halogens is 1. The number of phenols is 2. The third-order valence-corrected chi connectivity index (χ3v) is 6.66. The van der Waals surface area contributed by atoms with Crippen LogP contribution in [0.1, 0.15) is 86.6 Å². The summed E-state index contributed by atoms with van der Waals surface area (Å²) in [4.78, 5) is 25.1. The van der Waals surface area contributed by atoms with Crippen molar-refractivity contribution in [2.75, 3.05) is 0 Å². The Balaban J connectivity index is 2.62. The number of aliphatic hydroxyl groups is 1. The van der Waals surface area contributed by atoms with E-state index in [9.17, 15) is 24.9 Å². The molecule has 0 aliphatic heterocycles. The lowest BCUT2D eigenvalue weighted by atomic mass is 9.66. The molecule has 1 aromatic rings. The summed E-state index contributed by atoms with van der Waals surface area (Å²) in [6.07, 6.45) is 6.86. The van der Waals surface area contributed by atoms with E-state index in [0.29, 0.717) is 0 Å². The number of rotatable bonds is 7. The maximum atomic E-state index is 13.5. The van der Waals surface area contributed by atoms with Gasteiger partial charge in [-0.2, -0.15) is 0 Å². The van der Waals surface area contributed by atoms with Crippen LogP contribution in [0.25, 0.3) is 0 Å². The van der Waals surface area contributed by atoms with Crippen LogP contribution in [0.15, 0.2) is 41.0 Å². The van der Waals surface area contributed by atoms with Gasteiger partial charge in [-0.25, -0.2) is 0 Å². The van der Waals surface area contributed by atoms with Crippen LogP contribution in [0.3, 0.4) is 0 Å². The Morgan fingerprint density at radius 1 is 0.969 bits per heavy atom. The number of hydrogen-bond acceptors (Lipinski definition) is 5. The summed E-state index contributed by atoms with van der Waals surface area (Å²) in [6.45, 7) is 11.0. The molecule has 0 spiro atoms. The molecule has 0 fully saturated rings. The number of phenolic OH excluding ortho intramolecular Hbond substituents is 2. The Hall–Kier alpha value is -2.37. The largest absolute Gasteiger partial charge is 0.508 e. The lowest BCUT2D eigenvalue weighted by molar-refractivity contribution is 0.00725. The fraction of sp³-hybridized carbons (Fsp3) is 0.462. The number of alkyl halides is 1. The molecule has 0 saturated carbocycles. The second kappa shape index (κ2) is 9.63. The zero-order valence-corrected chi connectivity index (χ0v) is 20.4. The fourth-order valence-corrected chi connectivity index (χ4v) is 4.16. The van der Waals surface area contributed by atoms with Crippen LogP contribution in [0.5, 0.6) is 11.5 Å². The zero-order chi connectivity index (χ0) is 24.4. The monoisotopic (exact) mass is 460 g/mol. The highest BCUT2D eigenvalue weighted by Gasteiger charge is 2.62. The molecule has 0 aromatic heterocycles. The van der Waals surface area contributed by atoms with Gasteiger partial charge in [-0.05, 0) is 66.9 Å². The molecule has 2 atom stereocenters. The summed E-state index contributed by atoms with van der Waals surface area (Å²) < 4.78 is 0. The molecule has 1 aliphatic carbocycles. The average Bonchev–Trinajstić information content (AvgIpc) is 2.71. The van der Waals surface area contributed by atoms with E-state index in [0.717, 1.165) is 30.1 Å². The molecule has 1 aliphatic rings. The maximum Gasteiger partial charge on any atom is 0.197 e. The molecule has 6 heteroatoms. The molecular formula is C26H33ClO5. The number of hydrogen-bond donors (Lipinski definition) is 3. The van der Waals surface area contributed by atoms with Gasteiger partial charge in [-0.1, -0.05) is 34.9 Å². The lowest BCUT2D eigenvalue weighted by Crippen LogP contribution is -2.63. The SMILES string of the molecule is CC(C)=CCC/C(C)=C/CC1(O)C(=O)c2cc(O)c(C)c(O)c2C(=O)[C@@]1(Cl)CC=C(C)C. The predicted molar refractivity (Wildman–Crippen MR) is 128 cm³/mol. The van der Waals surface area contributed by atoms with E-state index in [2.05, 4.69) is 6.08 Å². The second-order valence-corrected chi connectivity index (χ2v) is 9.82. The van der Waals surface area contributed by atoms with Gasteiger partial charge in [0.2, 0.25) is 0 Å². The van der Waals surface area contributed by atoms with E-state index in [-0.39, 0.29) is 35.3 Å². The first kappa shape index (κ1) is 25.9. The van der Waals surface area contributed by atoms with Gasteiger partial charge in [0.05, 0.1) is 5.56 Å². The quantitative estimate of drug-likeness (QED) is 0.346. The molecule has 0 saturated heterocycles. The highest BCUT2D eigenvalue weighted by molar-refractivity contribution is 6.44. The van der Waals surface area contributed by atoms with Crippen LogP contribution in [-0.2, 0) is 0 Å². The van der Waals surface area contributed by atoms with Gasteiger partial charge in [0.1, 0.15) is 16.4 Å². The van der Waals surface area contributed by atoms with Crippen LogP contribution in [0, 0.1) is 6.92 Å². The normalized spacial score (nSPS) is 23.1. The topological polar surface area (TPSA) is 94.8 Å². The molecule has 174 valence electrons. The van der Waals surface area contributed by atoms with Crippen LogP contribution < -0.4 is 0 Å². The minimum absolute atomic E-state index is 0.0755. The lowest BCUT2D eigenvalue weighted by Gasteiger charge is -2.44. The molecule has 0 heterocycles. The summed E-state index contributed by atoms with van der Waals surface area (Å²) in [5.41, 5.74) is 0.398. The number of carbonyl (C=O) groups is 2. The standard InChI is InChI=1S/C26H33ClO5/c1-15(2)8-7-9-17(5)11-13-26(32)23(30)19-14-20(28)18(6)22(29)21(19)24(31)25(26,27)12-10-16(3)4/h8,10-11,14,28-29,32H,7,9,12-13H2,1-6H3/b17-11+/t25-,26?/m0/s1. The van der Waals surface area contributed by atoms with Crippen molar-refractivity contribution in [3.05, 3.63) is 57.7 Å². The van der Waals surface area contributed by atoms with Crippen molar-refractivity contribution >= 4 is 23.2 Å². The van der Waals surface area contributed by atoms with Crippen LogP contribution >= 0.6 is 11.6 Å². The highest BCUT2D eigenvalue weighted by atomic mass is 35.5. The van der Waals surface area contributed by atoms with Gasteiger partial charge in [0.15, 0.2) is 17.2 Å². The van der Waals surface area contributed by atoms with Crippen molar-refractivity contribution in [3.8, 4) is 11.5 Å². The fourth-order valence-electron chi connectivity index (χ4n) is 3.82. The number of aromatic hydroxyl groups is 2. The third-order valence-electron chi connectivity index (χ3n) is 6.02. The molecular weight excluding hydrogens is 428 g/mol. The van der Waals surface area contributed by atoms with Crippen LogP contribution in [-0.4, -0.2) is 37.4 Å². The van der Waals surface area contributed by atoms with Crippen molar-refractivity contribution in [3.63, 3.8) is 0 Å². The molecule has 1 unspecified atom stereocenters. The summed E-state index contributed by atoms with van der Waals surface area (Å²) in [7, 11) is 0. The summed E-state index contributed by atoms with van der Waals surface area (Å²) in [6, 6.07) is 1.12. The minimum Gasteiger partial charge on any atom is -0.508 e. The van der Waals surface area contributed by atoms with Gasteiger partial charge in [-0.15, -0.1) is 11.6 Å². The van der Waals surface area contributed by atoms with E-state index in [1.165, 1.54) is 12.5 Å². The first-order chi connectivity index (χ1) is 14.8. The third kappa shape index (κ3) is 4.69. The number of benzene rings is 1. The van der Waals surface area contributed by atoms with Crippen molar-refractivity contribution in [1.29, 1.82) is 0 Å². The number of carbonyl (C=O) groups excluding carboxylic acids is 2. The minimum atomic E-state index is -2.24. The first-order valence-electron chi connectivity index (χ1n) is 10.7. The zero-order valence-electron chi connectivity index (χ0n) is 19.7.